The summed E-state index contributed by atoms with van der Waals surface area (Å²) in [5.41, 5.74) is 2.27. The summed E-state index contributed by atoms with van der Waals surface area (Å²) in [6.07, 6.45) is -7.14. The number of aromatic nitrogens is 3. The number of oxazole rings is 1. The van der Waals surface area contributed by atoms with Crippen LogP contribution in [-0.2, 0) is 12.4 Å². The molecule has 3 heterocycles. The molecule has 0 amide bonds. The number of nitrogens with one attached hydrogen (secondary N) is 2. The maximum Gasteiger partial charge on any atom is 0.433 e. The molecule has 13 heteroatoms. The van der Waals surface area contributed by atoms with Gasteiger partial charge in [0.25, 0.3) is 4.84 Å². The van der Waals surface area contributed by atoms with E-state index in [2.05, 4.69) is 22.2 Å². The Kier molecular flexibility index (Phi) is 5.11. The molecule has 0 aliphatic heterocycles. The molecule has 0 aromatic carbocycles. The van der Waals surface area contributed by atoms with E-state index >= 15 is 0 Å². The van der Waals surface area contributed by atoms with Crippen LogP contribution >= 0.6 is 12.2 Å². The van der Waals surface area contributed by atoms with Crippen molar-refractivity contribution in [1.29, 1.82) is 0 Å². The van der Waals surface area contributed by atoms with Crippen molar-refractivity contribution in [3.05, 3.63) is 51.0 Å². The van der Waals surface area contributed by atoms with Gasteiger partial charge in [-0.05, 0) is 12.2 Å². The molecular weight excluding hydrogens is 390 g/mol. The zero-order valence-corrected chi connectivity index (χ0v) is 13.1. The molecule has 0 bridgehead atoms. The molecule has 0 radical (unpaired) electrons. The zero-order valence-electron chi connectivity index (χ0n) is 12.3. The predicted octanol–water partition coefficient (Wildman–Crippen LogP) is 3.88. The largest absolute Gasteiger partial charge is 0.433 e. The van der Waals surface area contributed by atoms with Crippen molar-refractivity contribution in [2.75, 3.05) is 5.73 Å². The summed E-state index contributed by atoms with van der Waals surface area (Å²) in [7, 11) is 0. The fraction of sp³-hybridized carbons (Fsp3) is 0.154. The Hall–Kier alpha value is -2.83. The van der Waals surface area contributed by atoms with Gasteiger partial charge in [0.05, 0.1) is 11.9 Å². The van der Waals surface area contributed by atoms with Gasteiger partial charge in [0.15, 0.2) is 5.58 Å². The van der Waals surface area contributed by atoms with Gasteiger partial charge in [0.2, 0.25) is 5.43 Å². The number of hydrogen-bond acceptors (Lipinski definition) is 5. The van der Waals surface area contributed by atoms with Crippen molar-refractivity contribution in [2.24, 2.45) is 0 Å². The molecule has 6 nitrogen and oxygen atoms in total. The first-order valence-electron chi connectivity index (χ1n) is 6.49. The van der Waals surface area contributed by atoms with E-state index in [1.807, 2.05) is 4.98 Å². The standard InChI is InChI=1S/C7H3F3N2OS.C6H5F3N2O/c8-7(9,10)5-1-4-3(2-11-5)12-6(14)13-4;7-6(8,9)5-1-4(12)3(10)2-11-5/h1-2H,(H,12,14);1-2H,10H2,(H,11,12). The minimum atomic E-state index is -4.53. The minimum absolute atomic E-state index is 0.0288. The van der Waals surface area contributed by atoms with E-state index in [0.29, 0.717) is 11.6 Å². The predicted molar refractivity (Wildman–Crippen MR) is 80.7 cm³/mol. The van der Waals surface area contributed by atoms with Gasteiger partial charge < -0.3 is 20.1 Å². The van der Waals surface area contributed by atoms with Gasteiger partial charge in [-0.15, -0.1) is 0 Å². The number of pyridine rings is 2. The third-order valence-corrected chi connectivity index (χ3v) is 3.03. The van der Waals surface area contributed by atoms with Crippen molar-refractivity contribution in [3.63, 3.8) is 0 Å². The number of nitrogens with zero attached hydrogens (tertiary/aromatic N) is 1. The second kappa shape index (κ2) is 6.82. The topological polar surface area (TPSA) is 101 Å². The molecule has 0 saturated heterocycles. The van der Waals surface area contributed by atoms with E-state index in [1.54, 1.807) is 0 Å². The van der Waals surface area contributed by atoms with Gasteiger partial charge in [-0.1, -0.05) is 0 Å². The minimum Gasteiger partial charge on any atom is -0.429 e. The Morgan fingerprint density at radius 2 is 1.77 bits per heavy atom. The summed E-state index contributed by atoms with van der Waals surface area (Å²) in [5.74, 6) is 0. The number of halogens is 6. The van der Waals surface area contributed by atoms with Crippen LogP contribution in [0.5, 0.6) is 0 Å². The lowest BCUT2D eigenvalue weighted by Crippen LogP contribution is -2.15. The number of alkyl halides is 6. The fourth-order valence-electron chi connectivity index (χ4n) is 1.65. The molecule has 0 spiro atoms. The normalized spacial score (nSPS) is 11.9. The van der Waals surface area contributed by atoms with E-state index in [0.717, 1.165) is 18.5 Å². The summed E-state index contributed by atoms with van der Waals surface area (Å²) in [5, 5.41) is 0. The summed E-state index contributed by atoms with van der Waals surface area (Å²) in [6, 6.07) is 1.23. The molecule has 0 fully saturated rings. The van der Waals surface area contributed by atoms with Crippen LogP contribution in [0.25, 0.3) is 11.1 Å². The zero-order chi connectivity index (χ0) is 19.7. The van der Waals surface area contributed by atoms with E-state index in [-0.39, 0.29) is 16.1 Å². The number of nitrogens with two attached hydrogens (primary N) is 1. The number of anilines is 1. The van der Waals surface area contributed by atoms with Crippen LogP contribution < -0.4 is 11.2 Å². The summed E-state index contributed by atoms with van der Waals surface area (Å²) in [4.78, 5) is 18.3. The molecule has 4 N–H and O–H groups in total. The van der Waals surface area contributed by atoms with Crippen LogP contribution in [0.1, 0.15) is 11.4 Å². The van der Waals surface area contributed by atoms with Gasteiger partial charge in [-0.3, -0.25) is 4.79 Å². The number of hydrogen-bond donors (Lipinski definition) is 3. The quantitative estimate of drug-likeness (QED) is 0.394. The Morgan fingerprint density at radius 1 is 1.12 bits per heavy atom. The first kappa shape index (κ1) is 19.5. The SMILES string of the molecule is FC(F)(F)c1cc2oc(=S)[nH]c2cn1.Nc1c[nH]c(C(F)(F)F)cc1=O. The highest BCUT2D eigenvalue weighted by molar-refractivity contribution is 7.71. The van der Waals surface area contributed by atoms with Gasteiger partial charge in [0, 0.05) is 18.3 Å². The average Bonchev–Trinajstić information content (AvgIpc) is 2.87. The first-order chi connectivity index (χ1) is 11.9. The smallest absolute Gasteiger partial charge is 0.429 e. The third-order valence-electron chi connectivity index (χ3n) is 2.84. The third kappa shape index (κ3) is 4.62. The van der Waals surface area contributed by atoms with Gasteiger partial charge in [-0.25, -0.2) is 4.98 Å². The molecule has 0 unspecified atom stereocenters. The summed E-state index contributed by atoms with van der Waals surface area (Å²) >= 11 is 4.62. The Balaban J connectivity index is 0.000000190. The van der Waals surface area contributed by atoms with E-state index in [1.165, 1.54) is 0 Å². The molecule has 3 rings (SSSR count). The van der Waals surface area contributed by atoms with E-state index in [9.17, 15) is 31.1 Å². The Morgan fingerprint density at radius 3 is 2.31 bits per heavy atom. The van der Waals surface area contributed by atoms with Crippen molar-refractivity contribution >= 4 is 29.0 Å². The number of fused-ring (bicyclic) bond motifs is 1. The van der Waals surface area contributed by atoms with Crippen LogP contribution in [0.4, 0.5) is 32.0 Å². The highest BCUT2D eigenvalue weighted by Crippen LogP contribution is 2.29. The van der Waals surface area contributed by atoms with Crippen molar-refractivity contribution in [3.8, 4) is 0 Å². The second-order valence-corrected chi connectivity index (χ2v) is 5.11. The fourth-order valence-corrected chi connectivity index (χ4v) is 1.85. The molecule has 3 aromatic rings. The van der Waals surface area contributed by atoms with E-state index < -0.39 is 29.2 Å². The molecule has 0 atom stereocenters. The monoisotopic (exact) mass is 398 g/mol. The number of H-pyrrole nitrogens is 2. The number of aromatic amines is 2. The Bertz CT molecular complexity index is 1030. The summed E-state index contributed by atoms with van der Waals surface area (Å²) < 4.78 is 77.0. The molecule has 0 aliphatic rings. The van der Waals surface area contributed by atoms with Gasteiger partial charge >= 0.3 is 12.4 Å². The molecule has 140 valence electrons. The highest BCUT2D eigenvalue weighted by Gasteiger charge is 2.33. The van der Waals surface area contributed by atoms with Crippen molar-refractivity contribution in [2.45, 2.75) is 12.4 Å². The van der Waals surface area contributed by atoms with Crippen molar-refractivity contribution in [1.82, 2.24) is 15.0 Å². The average molecular weight is 398 g/mol. The lowest BCUT2D eigenvalue weighted by molar-refractivity contribution is -0.141. The lowest BCUT2D eigenvalue weighted by atomic mass is 10.3. The second-order valence-electron chi connectivity index (χ2n) is 4.74. The number of rotatable bonds is 0. The van der Waals surface area contributed by atoms with Crippen LogP contribution in [0.2, 0.25) is 0 Å². The first-order valence-corrected chi connectivity index (χ1v) is 6.90. The Labute approximate surface area is 144 Å². The lowest BCUT2D eigenvalue weighted by Gasteiger charge is -2.05. The van der Waals surface area contributed by atoms with Crippen molar-refractivity contribution < 1.29 is 30.8 Å². The molecule has 3 aromatic heterocycles. The maximum atomic E-state index is 12.2. The maximum absolute atomic E-state index is 12.2. The van der Waals surface area contributed by atoms with Gasteiger partial charge in [-0.2, -0.15) is 26.3 Å². The van der Waals surface area contributed by atoms with Crippen LogP contribution in [0.15, 0.2) is 33.7 Å². The number of nitrogen functional groups attached to an aromatic ring is 1. The van der Waals surface area contributed by atoms with Gasteiger partial charge in [0.1, 0.15) is 16.9 Å². The summed E-state index contributed by atoms with van der Waals surface area (Å²) in [6.45, 7) is 0. The van der Waals surface area contributed by atoms with Crippen LogP contribution in [0, 0.1) is 4.84 Å². The molecule has 0 saturated carbocycles. The van der Waals surface area contributed by atoms with Crippen LogP contribution in [-0.4, -0.2) is 15.0 Å². The van der Waals surface area contributed by atoms with Crippen LogP contribution in [0.3, 0.4) is 0 Å². The highest BCUT2D eigenvalue weighted by atomic mass is 32.1. The molecular formula is C13H8F6N4O2S. The molecule has 26 heavy (non-hydrogen) atoms. The molecule has 0 aliphatic carbocycles. The van der Waals surface area contributed by atoms with E-state index in [4.69, 9.17) is 10.2 Å².